The molecule has 0 aliphatic rings. The first-order chi connectivity index (χ1) is 8.94. The average Bonchev–Trinajstić information content (AvgIpc) is 2.36. The van der Waals surface area contributed by atoms with Gasteiger partial charge in [0.15, 0.2) is 0 Å². The summed E-state index contributed by atoms with van der Waals surface area (Å²) in [6, 6.07) is 7.20. The lowest BCUT2D eigenvalue weighted by Crippen LogP contribution is -2.30. The first kappa shape index (κ1) is 15.6. The second-order valence-corrected chi connectivity index (χ2v) is 5.14. The van der Waals surface area contributed by atoms with Crippen LogP contribution in [0.3, 0.4) is 0 Å². The van der Waals surface area contributed by atoms with Crippen molar-refractivity contribution >= 4 is 5.91 Å². The molecule has 1 amide bonds. The summed E-state index contributed by atoms with van der Waals surface area (Å²) in [5.41, 5.74) is 3.29. The van der Waals surface area contributed by atoms with Crippen LogP contribution in [0.25, 0.3) is 0 Å². The Morgan fingerprint density at radius 2 is 1.95 bits per heavy atom. The van der Waals surface area contributed by atoms with Crippen LogP contribution in [0.4, 0.5) is 0 Å². The second-order valence-electron chi connectivity index (χ2n) is 5.14. The number of hydrazine groups is 1. The molecule has 0 aromatic heterocycles. The molecule has 0 aliphatic heterocycles. The normalized spacial score (nSPS) is 11.4. The average molecular weight is 266 g/mol. The minimum absolute atomic E-state index is 0.166. The van der Waals surface area contributed by atoms with Gasteiger partial charge in [-0.3, -0.25) is 10.2 Å². The Bertz CT molecular complexity index is 413. The van der Waals surface area contributed by atoms with E-state index in [1.54, 1.807) is 12.1 Å². The molecule has 0 saturated heterocycles. The predicted octanol–water partition coefficient (Wildman–Crippen LogP) is 1.62. The van der Waals surface area contributed by atoms with Crippen LogP contribution in [0, 0.1) is 0 Å². The molecule has 0 fully saturated rings. The van der Waals surface area contributed by atoms with E-state index in [1.165, 1.54) is 0 Å². The third-order valence-corrected chi connectivity index (χ3v) is 2.41. The molecular formula is C14H22N2O3. The fourth-order valence-corrected chi connectivity index (χ4v) is 1.53. The predicted molar refractivity (Wildman–Crippen MR) is 73.5 cm³/mol. The highest BCUT2D eigenvalue weighted by molar-refractivity contribution is 5.95. The Balaban J connectivity index is 2.43. The number of rotatable bonds is 6. The lowest BCUT2D eigenvalue weighted by molar-refractivity contribution is -0.0377. The zero-order chi connectivity index (χ0) is 14.3. The van der Waals surface area contributed by atoms with E-state index < -0.39 is 0 Å². The number of benzene rings is 1. The van der Waals surface area contributed by atoms with Crippen molar-refractivity contribution in [2.45, 2.75) is 33.0 Å². The van der Waals surface area contributed by atoms with Crippen LogP contribution >= 0.6 is 0 Å². The zero-order valence-corrected chi connectivity index (χ0v) is 11.7. The van der Waals surface area contributed by atoms with E-state index in [-0.39, 0.29) is 11.5 Å². The van der Waals surface area contributed by atoms with Crippen molar-refractivity contribution in [1.82, 2.24) is 5.43 Å². The number of carbonyl (C=O) groups is 1. The van der Waals surface area contributed by atoms with Gasteiger partial charge in [0.1, 0.15) is 0 Å². The molecule has 3 N–H and O–H groups in total. The van der Waals surface area contributed by atoms with Crippen molar-refractivity contribution in [2.24, 2.45) is 5.84 Å². The number of nitrogens with one attached hydrogen (secondary N) is 1. The van der Waals surface area contributed by atoms with Gasteiger partial charge in [-0.05, 0) is 32.4 Å². The van der Waals surface area contributed by atoms with Crippen molar-refractivity contribution in [2.75, 3.05) is 13.2 Å². The maximum absolute atomic E-state index is 11.5. The van der Waals surface area contributed by atoms with Crippen LogP contribution in [0.15, 0.2) is 24.3 Å². The molecule has 0 unspecified atom stereocenters. The summed E-state index contributed by atoms with van der Waals surface area (Å²) in [7, 11) is 0. The highest BCUT2D eigenvalue weighted by Crippen LogP contribution is 2.10. The van der Waals surface area contributed by atoms with Crippen LogP contribution in [0.5, 0.6) is 0 Å². The summed E-state index contributed by atoms with van der Waals surface area (Å²) >= 11 is 0. The minimum atomic E-state index is -0.315. The summed E-state index contributed by atoms with van der Waals surface area (Å²) in [6.45, 7) is 7.34. The molecule has 5 heteroatoms. The minimum Gasteiger partial charge on any atom is -0.374 e. The second kappa shape index (κ2) is 7.23. The monoisotopic (exact) mass is 266 g/mol. The van der Waals surface area contributed by atoms with Gasteiger partial charge >= 0.3 is 0 Å². The lowest BCUT2D eigenvalue weighted by atomic mass is 10.1. The molecule has 0 heterocycles. The lowest BCUT2D eigenvalue weighted by Gasteiger charge is -2.19. The quantitative estimate of drug-likeness (QED) is 0.355. The highest BCUT2D eigenvalue weighted by atomic mass is 16.5. The SMILES string of the molecule is CC(C)(C)OCCOCc1ccccc1C(=O)NN. The Hall–Kier alpha value is -1.43. The molecule has 5 nitrogen and oxygen atoms in total. The zero-order valence-electron chi connectivity index (χ0n) is 11.7. The molecule has 0 bridgehead atoms. The Morgan fingerprint density at radius 1 is 1.26 bits per heavy atom. The summed E-state index contributed by atoms with van der Waals surface area (Å²) in [5, 5.41) is 0. The van der Waals surface area contributed by atoms with Gasteiger partial charge in [0.25, 0.3) is 5.91 Å². The topological polar surface area (TPSA) is 73.6 Å². The van der Waals surface area contributed by atoms with Crippen LogP contribution in [-0.2, 0) is 16.1 Å². The molecule has 0 saturated carbocycles. The molecule has 1 rings (SSSR count). The Morgan fingerprint density at radius 3 is 2.58 bits per heavy atom. The van der Waals surface area contributed by atoms with E-state index in [1.807, 2.05) is 32.9 Å². The van der Waals surface area contributed by atoms with Gasteiger partial charge < -0.3 is 9.47 Å². The standard InChI is InChI=1S/C14H22N2O3/c1-14(2,3)19-9-8-18-10-11-6-4-5-7-12(11)13(17)16-15/h4-7H,8-10,15H2,1-3H3,(H,16,17). The molecular weight excluding hydrogens is 244 g/mol. The van der Waals surface area contributed by atoms with Crippen molar-refractivity contribution in [3.8, 4) is 0 Å². The number of carbonyl (C=O) groups excluding carboxylic acids is 1. The van der Waals surface area contributed by atoms with E-state index in [9.17, 15) is 4.79 Å². The largest absolute Gasteiger partial charge is 0.374 e. The fourth-order valence-electron chi connectivity index (χ4n) is 1.53. The van der Waals surface area contributed by atoms with Crippen molar-refractivity contribution in [3.63, 3.8) is 0 Å². The Labute approximate surface area is 114 Å². The van der Waals surface area contributed by atoms with Crippen LogP contribution < -0.4 is 11.3 Å². The van der Waals surface area contributed by atoms with Gasteiger partial charge in [-0.2, -0.15) is 0 Å². The van der Waals surface area contributed by atoms with Gasteiger partial charge in [0.05, 0.1) is 25.4 Å². The van der Waals surface area contributed by atoms with Gasteiger partial charge in [-0.15, -0.1) is 0 Å². The summed E-state index contributed by atoms with van der Waals surface area (Å²) < 4.78 is 11.0. The first-order valence-electron chi connectivity index (χ1n) is 6.24. The van der Waals surface area contributed by atoms with Gasteiger partial charge in [-0.1, -0.05) is 18.2 Å². The highest BCUT2D eigenvalue weighted by Gasteiger charge is 2.11. The van der Waals surface area contributed by atoms with Crippen LogP contribution in [0.1, 0.15) is 36.7 Å². The van der Waals surface area contributed by atoms with E-state index in [0.717, 1.165) is 5.56 Å². The maximum atomic E-state index is 11.5. The van der Waals surface area contributed by atoms with Crippen molar-refractivity contribution in [1.29, 1.82) is 0 Å². The molecule has 19 heavy (non-hydrogen) atoms. The Kier molecular flexibility index (Phi) is 5.95. The summed E-state index contributed by atoms with van der Waals surface area (Å²) in [4.78, 5) is 11.5. The molecule has 0 radical (unpaired) electrons. The number of hydrogen-bond donors (Lipinski definition) is 2. The van der Waals surface area contributed by atoms with Crippen molar-refractivity contribution < 1.29 is 14.3 Å². The van der Waals surface area contributed by atoms with Crippen molar-refractivity contribution in [3.05, 3.63) is 35.4 Å². The number of nitrogen functional groups attached to an aromatic ring is 1. The summed E-state index contributed by atoms with van der Waals surface area (Å²) in [5.74, 6) is 4.82. The smallest absolute Gasteiger partial charge is 0.265 e. The number of amides is 1. The van der Waals surface area contributed by atoms with E-state index >= 15 is 0 Å². The maximum Gasteiger partial charge on any atom is 0.265 e. The molecule has 1 aromatic rings. The third kappa shape index (κ3) is 5.83. The third-order valence-electron chi connectivity index (χ3n) is 2.41. The van der Waals surface area contributed by atoms with Gasteiger partial charge in [0, 0.05) is 5.56 Å². The van der Waals surface area contributed by atoms with E-state index in [2.05, 4.69) is 5.43 Å². The van der Waals surface area contributed by atoms with Crippen LogP contribution in [-0.4, -0.2) is 24.7 Å². The van der Waals surface area contributed by atoms with Crippen LogP contribution in [0.2, 0.25) is 0 Å². The van der Waals surface area contributed by atoms with Gasteiger partial charge in [-0.25, -0.2) is 5.84 Å². The molecule has 0 spiro atoms. The van der Waals surface area contributed by atoms with E-state index in [4.69, 9.17) is 15.3 Å². The van der Waals surface area contributed by atoms with E-state index in [0.29, 0.717) is 25.4 Å². The molecule has 0 aliphatic carbocycles. The number of nitrogens with two attached hydrogens (primary N) is 1. The number of hydrogen-bond acceptors (Lipinski definition) is 4. The molecule has 1 aromatic carbocycles. The summed E-state index contributed by atoms with van der Waals surface area (Å²) in [6.07, 6.45) is 0. The van der Waals surface area contributed by atoms with Gasteiger partial charge in [0.2, 0.25) is 0 Å². The fraction of sp³-hybridized carbons (Fsp3) is 0.500. The molecule has 0 atom stereocenters. The first-order valence-corrected chi connectivity index (χ1v) is 6.24. The number of ether oxygens (including phenoxy) is 2. The molecule has 106 valence electrons.